The van der Waals surface area contributed by atoms with Crippen LogP contribution in [-0.4, -0.2) is 56.6 Å². The average Bonchev–Trinajstić information content (AvgIpc) is 2.75. The van der Waals surface area contributed by atoms with Crippen LogP contribution in [0.2, 0.25) is 0 Å². The Bertz CT molecular complexity index is 747. The number of benzene rings is 1. The third-order valence-corrected chi connectivity index (χ3v) is 5.26. The van der Waals surface area contributed by atoms with Crippen LogP contribution in [0.3, 0.4) is 0 Å². The fraction of sp³-hybridized carbons (Fsp3) is 0.476. The second-order valence-corrected chi connectivity index (χ2v) is 7.17. The van der Waals surface area contributed by atoms with Gasteiger partial charge in [0.25, 0.3) is 0 Å². The molecular weight excluding hydrogens is 360 g/mol. The molecule has 0 aliphatic carbocycles. The molecule has 0 bridgehead atoms. The zero-order chi connectivity index (χ0) is 19.3. The number of morpholine rings is 1. The summed E-state index contributed by atoms with van der Waals surface area (Å²) in [6.07, 6.45) is 5.20. The van der Waals surface area contributed by atoms with Crippen molar-refractivity contribution in [2.75, 3.05) is 44.4 Å². The Morgan fingerprint density at radius 3 is 2.61 bits per heavy atom. The lowest BCUT2D eigenvalue weighted by Crippen LogP contribution is -2.34. The first kappa shape index (κ1) is 19.0. The molecule has 1 aromatic carbocycles. The van der Waals surface area contributed by atoms with E-state index in [1.165, 1.54) is 0 Å². The molecule has 28 heavy (non-hydrogen) atoms. The van der Waals surface area contributed by atoms with Crippen LogP contribution in [-0.2, 0) is 19.0 Å². The minimum Gasteiger partial charge on any atom is -0.478 e. The second kappa shape index (κ2) is 8.77. The van der Waals surface area contributed by atoms with Crippen LogP contribution in [0, 0.1) is 0 Å². The van der Waals surface area contributed by atoms with E-state index < -0.39 is 5.97 Å². The molecule has 2 N–H and O–H groups in total. The standard InChI is InChI=1S/C21H26N2O5/c24-21(25)16-3-6-20(28-18-7-10-26-11-8-18)23(14-16)17-4-1-15(2-5-17)19-13-22-9-12-27-19/h1-6,18-19,22H,7-14H2,(H,24,25). The third-order valence-electron chi connectivity index (χ3n) is 5.26. The lowest BCUT2D eigenvalue weighted by atomic mass is 10.1. The van der Waals surface area contributed by atoms with Gasteiger partial charge in [0.05, 0.1) is 38.0 Å². The normalized spacial score (nSPS) is 23.7. The summed E-state index contributed by atoms with van der Waals surface area (Å²) in [6, 6.07) is 8.08. The zero-order valence-corrected chi connectivity index (χ0v) is 15.8. The summed E-state index contributed by atoms with van der Waals surface area (Å²) in [5.41, 5.74) is 2.35. The summed E-state index contributed by atoms with van der Waals surface area (Å²) in [6.45, 7) is 4.04. The summed E-state index contributed by atoms with van der Waals surface area (Å²) in [5, 5.41) is 12.8. The molecule has 7 heteroatoms. The average molecular weight is 386 g/mol. The van der Waals surface area contributed by atoms with Crippen LogP contribution in [0.25, 0.3) is 0 Å². The number of allylic oxidation sites excluding steroid dienone is 2. The van der Waals surface area contributed by atoms with Crippen molar-refractivity contribution in [1.82, 2.24) is 5.32 Å². The van der Waals surface area contributed by atoms with Gasteiger partial charge in [-0.2, -0.15) is 0 Å². The first-order valence-corrected chi connectivity index (χ1v) is 9.79. The molecule has 0 saturated carbocycles. The van der Waals surface area contributed by atoms with E-state index in [9.17, 15) is 9.90 Å². The van der Waals surface area contributed by atoms with Gasteiger partial charge >= 0.3 is 5.97 Å². The zero-order valence-electron chi connectivity index (χ0n) is 15.8. The highest BCUT2D eigenvalue weighted by molar-refractivity contribution is 5.89. The van der Waals surface area contributed by atoms with E-state index in [1.807, 2.05) is 29.2 Å². The Morgan fingerprint density at radius 1 is 1.14 bits per heavy atom. The molecule has 3 aliphatic rings. The number of ether oxygens (including phenoxy) is 3. The molecule has 0 aromatic heterocycles. The largest absolute Gasteiger partial charge is 0.478 e. The van der Waals surface area contributed by atoms with Gasteiger partial charge in [-0.15, -0.1) is 0 Å². The van der Waals surface area contributed by atoms with Gasteiger partial charge in [-0.25, -0.2) is 4.79 Å². The minimum atomic E-state index is -0.912. The maximum Gasteiger partial charge on any atom is 0.333 e. The highest BCUT2D eigenvalue weighted by atomic mass is 16.5. The van der Waals surface area contributed by atoms with E-state index in [0.717, 1.165) is 37.2 Å². The molecule has 150 valence electrons. The molecule has 7 nitrogen and oxygen atoms in total. The number of carboxylic acid groups (broad SMARTS) is 1. The molecule has 1 aromatic rings. The van der Waals surface area contributed by atoms with E-state index in [4.69, 9.17) is 14.2 Å². The summed E-state index contributed by atoms with van der Waals surface area (Å²) in [4.78, 5) is 13.4. The molecule has 2 saturated heterocycles. The summed E-state index contributed by atoms with van der Waals surface area (Å²) in [7, 11) is 0. The van der Waals surface area contributed by atoms with E-state index >= 15 is 0 Å². The highest BCUT2D eigenvalue weighted by Gasteiger charge is 2.26. The Labute approximate surface area is 164 Å². The van der Waals surface area contributed by atoms with Crippen molar-refractivity contribution in [2.24, 2.45) is 0 Å². The third kappa shape index (κ3) is 4.38. The van der Waals surface area contributed by atoms with Crippen molar-refractivity contribution in [1.29, 1.82) is 0 Å². The molecule has 0 spiro atoms. The second-order valence-electron chi connectivity index (χ2n) is 7.17. The molecule has 4 rings (SSSR count). The number of carboxylic acids is 1. The number of carbonyl (C=O) groups is 1. The highest BCUT2D eigenvalue weighted by Crippen LogP contribution is 2.29. The quantitative estimate of drug-likeness (QED) is 0.803. The van der Waals surface area contributed by atoms with Crippen LogP contribution in [0.4, 0.5) is 5.69 Å². The molecule has 1 unspecified atom stereocenters. The Balaban J connectivity index is 1.53. The molecule has 2 fully saturated rings. The molecule has 1 atom stereocenters. The Hall–Kier alpha value is -2.35. The predicted octanol–water partition coefficient (Wildman–Crippen LogP) is 2.22. The topological polar surface area (TPSA) is 80.3 Å². The van der Waals surface area contributed by atoms with Crippen molar-refractivity contribution in [2.45, 2.75) is 25.0 Å². The van der Waals surface area contributed by atoms with E-state index in [2.05, 4.69) is 5.32 Å². The van der Waals surface area contributed by atoms with Crippen LogP contribution in [0.15, 0.2) is 47.9 Å². The van der Waals surface area contributed by atoms with Crippen LogP contribution in [0.5, 0.6) is 0 Å². The summed E-state index contributed by atoms with van der Waals surface area (Å²) in [5.74, 6) is -0.232. The van der Waals surface area contributed by atoms with Gasteiger partial charge in [-0.3, -0.25) is 0 Å². The first-order chi connectivity index (χ1) is 13.7. The summed E-state index contributed by atoms with van der Waals surface area (Å²) >= 11 is 0. The SMILES string of the molecule is O=C(O)C1=CC=C(OC2CCOCC2)N(c2ccc(C3CNCCO3)cc2)C1. The number of nitrogens with zero attached hydrogens (tertiary/aromatic N) is 1. The summed E-state index contributed by atoms with van der Waals surface area (Å²) < 4.78 is 17.4. The van der Waals surface area contributed by atoms with Crippen LogP contribution < -0.4 is 10.2 Å². The maximum absolute atomic E-state index is 11.5. The number of aliphatic carboxylic acids is 1. The van der Waals surface area contributed by atoms with Crippen molar-refractivity contribution in [3.8, 4) is 0 Å². The van der Waals surface area contributed by atoms with Crippen LogP contribution in [0.1, 0.15) is 24.5 Å². The number of hydrogen-bond donors (Lipinski definition) is 2. The number of hydrogen-bond acceptors (Lipinski definition) is 6. The fourth-order valence-corrected chi connectivity index (χ4v) is 3.64. The van der Waals surface area contributed by atoms with Gasteiger partial charge in [0.1, 0.15) is 6.10 Å². The van der Waals surface area contributed by atoms with Gasteiger partial charge in [-0.1, -0.05) is 12.1 Å². The van der Waals surface area contributed by atoms with E-state index in [-0.39, 0.29) is 18.8 Å². The molecule has 0 amide bonds. The molecule has 3 heterocycles. The number of anilines is 1. The number of rotatable bonds is 5. The van der Waals surface area contributed by atoms with Gasteiger partial charge in [0, 0.05) is 31.6 Å². The maximum atomic E-state index is 11.5. The smallest absolute Gasteiger partial charge is 0.333 e. The van der Waals surface area contributed by atoms with Gasteiger partial charge in [0.2, 0.25) is 0 Å². The van der Waals surface area contributed by atoms with Gasteiger partial charge < -0.3 is 29.5 Å². The Morgan fingerprint density at radius 2 is 1.93 bits per heavy atom. The lowest BCUT2D eigenvalue weighted by molar-refractivity contribution is -0.132. The van der Waals surface area contributed by atoms with Crippen molar-refractivity contribution < 1.29 is 24.1 Å². The molecule has 3 aliphatic heterocycles. The fourth-order valence-electron chi connectivity index (χ4n) is 3.64. The van der Waals surface area contributed by atoms with E-state index in [1.54, 1.807) is 12.2 Å². The van der Waals surface area contributed by atoms with Gasteiger partial charge in [-0.05, 0) is 29.8 Å². The monoisotopic (exact) mass is 386 g/mol. The molecular formula is C21H26N2O5. The lowest BCUT2D eigenvalue weighted by Gasteiger charge is -2.33. The van der Waals surface area contributed by atoms with Gasteiger partial charge in [0.15, 0.2) is 5.88 Å². The molecule has 0 radical (unpaired) electrons. The van der Waals surface area contributed by atoms with Crippen molar-refractivity contribution in [3.63, 3.8) is 0 Å². The van der Waals surface area contributed by atoms with Crippen molar-refractivity contribution in [3.05, 3.63) is 53.4 Å². The first-order valence-electron chi connectivity index (χ1n) is 9.79. The minimum absolute atomic E-state index is 0.0483. The Kier molecular flexibility index (Phi) is 5.95. The van der Waals surface area contributed by atoms with E-state index in [0.29, 0.717) is 31.3 Å². The van der Waals surface area contributed by atoms with Crippen LogP contribution >= 0.6 is 0 Å². The predicted molar refractivity (Wildman–Crippen MR) is 104 cm³/mol. The number of nitrogens with one attached hydrogen (secondary N) is 1. The van der Waals surface area contributed by atoms with Crippen molar-refractivity contribution >= 4 is 11.7 Å².